The maximum absolute atomic E-state index is 12.4. The Labute approximate surface area is 100.0 Å². The molecule has 0 spiro atoms. The zero-order chi connectivity index (χ0) is 12.0. The van der Waals surface area contributed by atoms with Crippen LogP contribution in [0.3, 0.4) is 0 Å². The fraction of sp³-hybridized carbons (Fsp3) is 0.214. The van der Waals surface area contributed by atoms with Crippen molar-refractivity contribution in [3.63, 3.8) is 0 Å². The zero-order valence-corrected chi connectivity index (χ0v) is 9.92. The highest BCUT2D eigenvalue weighted by Crippen LogP contribution is 2.14. The summed E-state index contributed by atoms with van der Waals surface area (Å²) in [6, 6.07) is 11.5. The maximum atomic E-state index is 12.4. The average Bonchev–Trinajstić information content (AvgIpc) is 2.37. The number of aromatic nitrogens is 2. The van der Waals surface area contributed by atoms with Crippen LogP contribution in [-0.2, 0) is 5.66 Å². The number of nitrogens with zero attached hydrogens (tertiary/aromatic N) is 2. The predicted molar refractivity (Wildman–Crippen MR) is 61.4 cm³/mol. The van der Waals surface area contributed by atoms with E-state index in [2.05, 4.69) is 13.8 Å². The van der Waals surface area contributed by atoms with Crippen LogP contribution < -0.4 is 9.13 Å². The summed E-state index contributed by atoms with van der Waals surface area (Å²) in [5, 5.41) is 0. The Balaban J connectivity index is 2.38. The van der Waals surface area contributed by atoms with Crippen molar-refractivity contribution in [1.82, 2.24) is 0 Å². The van der Waals surface area contributed by atoms with Gasteiger partial charge in [-0.3, -0.25) is 4.79 Å². The van der Waals surface area contributed by atoms with Crippen LogP contribution in [0.5, 0.6) is 0 Å². The molecule has 1 aliphatic heterocycles. The van der Waals surface area contributed by atoms with Gasteiger partial charge in [-0.1, -0.05) is 0 Å². The van der Waals surface area contributed by atoms with Gasteiger partial charge in [0.25, 0.3) is 11.4 Å². The first-order chi connectivity index (χ1) is 8.12. The van der Waals surface area contributed by atoms with Crippen molar-refractivity contribution in [2.24, 2.45) is 0 Å². The second-order valence-electron chi connectivity index (χ2n) is 4.74. The Hall–Kier alpha value is -2.03. The highest BCUT2D eigenvalue weighted by atomic mass is 16.1. The molecule has 0 unspecified atom stereocenters. The largest absolute Gasteiger partial charge is 0.356 e. The monoisotopic (exact) mass is 226 g/mol. The van der Waals surface area contributed by atoms with Gasteiger partial charge in [0.15, 0.2) is 12.4 Å². The molecule has 0 saturated carbocycles. The molecule has 3 heterocycles. The number of rotatable bonds is 0. The molecule has 3 nitrogen and oxygen atoms in total. The lowest BCUT2D eigenvalue weighted by Gasteiger charge is -2.21. The van der Waals surface area contributed by atoms with Crippen molar-refractivity contribution in [2.45, 2.75) is 19.5 Å². The first-order valence-electron chi connectivity index (χ1n) is 5.69. The van der Waals surface area contributed by atoms with E-state index in [-0.39, 0.29) is 11.4 Å². The normalized spacial score (nSPS) is 16.2. The Morgan fingerprint density at radius 2 is 1.35 bits per heavy atom. The van der Waals surface area contributed by atoms with E-state index < -0.39 is 0 Å². The molecule has 0 amide bonds. The van der Waals surface area contributed by atoms with E-state index in [4.69, 9.17) is 0 Å². The summed E-state index contributed by atoms with van der Waals surface area (Å²) < 4.78 is 4.03. The number of carbonyl (C=O) groups excluding carboxylic acids is 1. The minimum absolute atomic E-state index is 0.0746. The number of pyridine rings is 2. The number of hydrogen-bond donors (Lipinski definition) is 0. The number of hydrogen-bond acceptors (Lipinski definition) is 1. The molecule has 3 heteroatoms. The van der Waals surface area contributed by atoms with E-state index in [1.54, 1.807) is 0 Å². The Kier molecular flexibility index (Phi) is 1.93. The van der Waals surface area contributed by atoms with Crippen molar-refractivity contribution in [3.05, 3.63) is 60.2 Å². The molecule has 1 aliphatic rings. The summed E-state index contributed by atoms with van der Waals surface area (Å²) in [4.78, 5) is 12.4. The molecule has 2 aromatic heterocycles. The van der Waals surface area contributed by atoms with Crippen molar-refractivity contribution in [3.8, 4) is 0 Å². The molecule has 0 saturated heterocycles. The highest BCUT2D eigenvalue weighted by Gasteiger charge is 2.50. The predicted octanol–water partition coefficient (Wildman–Crippen LogP) is 1.05. The Morgan fingerprint density at radius 3 is 1.82 bits per heavy atom. The molecule has 84 valence electrons. The van der Waals surface area contributed by atoms with E-state index >= 15 is 0 Å². The second kappa shape index (κ2) is 3.23. The van der Waals surface area contributed by atoms with Crippen LogP contribution in [0.1, 0.15) is 30.0 Å². The van der Waals surface area contributed by atoms with Gasteiger partial charge >= 0.3 is 11.4 Å². The lowest BCUT2D eigenvalue weighted by Crippen LogP contribution is -2.76. The van der Waals surface area contributed by atoms with Crippen LogP contribution in [0.2, 0.25) is 0 Å². The van der Waals surface area contributed by atoms with Crippen molar-refractivity contribution >= 4 is 5.78 Å². The van der Waals surface area contributed by atoms with E-state index in [9.17, 15) is 4.79 Å². The van der Waals surface area contributed by atoms with Crippen molar-refractivity contribution in [1.29, 1.82) is 0 Å². The molecule has 2 aromatic rings. The van der Waals surface area contributed by atoms with Gasteiger partial charge < -0.3 is 0 Å². The second-order valence-corrected chi connectivity index (χ2v) is 4.74. The molecule has 0 N–H and O–H groups in total. The van der Waals surface area contributed by atoms with Crippen LogP contribution in [0.15, 0.2) is 48.8 Å². The minimum Gasteiger partial charge on any atom is -0.275 e. The summed E-state index contributed by atoms with van der Waals surface area (Å²) in [7, 11) is 0. The zero-order valence-electron chi connectivity index (χ0n) is 9.92. The van der Waals surface area contributed by atoms with E-state index in [0.29, 0.717) is 0 Å². The van der Waals surface area contributed by atoms with Crippen molar-refractivity contribution < 1.29 is 13.9 Å². The van der Waals surface area contributed by atoms with E-state index in [1.807, 2.05) is 57.9 Å². The smallest absolute Gasteiger partial charge is 0.275 e. The van der Waals surface area contributed by atoms with Crippen LogP contribution in [0.4, 0.5) is 0 Å². The van der Waals surface area contributed by atoms with Crippen LogP contribution in [0.25, 0.3) is 0 Å². The summed E-state index contributed by atoms with van der Waals surface area (Å²) in [5.74, 6) is 0.0746. The van der Waals surface area contributed by atoms with Gasteiger partial charge in [-0.05, 0) is 12.1 Å². The topological polar surface area (TPSA) is 24.8 Å². The van der Waals surface area contributed by atoms with Crippen LogP contribution in [0, 0.1) is 0 Å². The molecular formula is C14H14N2O+2. The third-order valence-corrected chi connectivity index (χ3v) is 3.36. The van der Waals surface area contributed by atoms with Gasteiger partial charge in [-0.25, -0.2) is 0 Å². The van der Waals surface area contributed by atoms with Crippen molar-refractivity contribution in [2.75, 3.05) is 0 Å². The van der Waals surface area contributed by atoms with Crippen LogP contribution in [-0.4, -0.2) is 5.78 Å². The van der Waals surface area contributed by atoms with Gasteiger partial charge in [0.05, 0.1) is 13.8 Å². The van der Waals surface area contributed by atoms with E-state index in [0.717, 1.165) is 11.4 Å². The summed E-state index contributed by atoms with van der Waals surface area (Å²) in [5.41, 5.74) is 1.22. The highest BCUT2D eigenvalue weighted by molar-refractivity contribution is 6.04. The SMILES string of the molecule is CC1(C)[n+]2ccccc2C(=O)c2cccc[n+]21. The molecule has 0 bridgehead atoms. The van der Waals surface area contributed by atoms with Gasteiger partial charge in [-0.2, -0.15) is 0 Å². The fourth-order valence-electron chi connectivity index (χ4n) is 2.46. The third-order valence-electron chi connectivity index (χ3n) is 3.36. The molecule has 0 fully saturated rings. The first kappa shape index (κ1) is 10.1. The van der Waals surface area contributed by atoms with Crippen LogP contribution >= 0.6 is 0 Å². The third kappa shape index (κ3) is 1.25. The minimum atomic E-state index is -0.263. The molecule has 0 aromatic carbocycles. The quantitative estimate of drug-likeness (QED) is 0.616. The number of fused-ring (bicyclic) bond motifs is 2. The van der Waals surface area contributed by atoms with Gasteiger partial charge in [0.1, 0.15) is 0 Å². The summed E-state index contributed by atoms with van der Waals surface area (Å²) in [6.45, 7) is 4.21. The van der Waals surface area contributed by atoms with Gasteiger partial charge in [-0.15, -0.1) is 9.13 Å². The molecule has 17 heavy (non-hydrogen) atoms. The molecular weight excluding hydrogens is 212 g/mol. The average molecular weight is 226 g/mol. The van der Waals surface area contributed by atoms with Gasteiger partial charge in [0, 0.05) is 24.3 Å². The standard InChI is InChI=1S/C14H14N2O/c1-14(2)15-9-5-3-7-11(15)13(17)12-8-4-6-10-16(12)14/h3-10H,1-2H3/q+2. The summed E-state index contributed by atoms with van der Waals surface area (Å²) >= 11 is 0. The fourth-order valence-corrected chi connectivity index (χ4v) is 2.46. The Bertz CT molecular complexity index is 566. The maximum Gasteiger partial charge on any atom is 0.356 e. The molecule has 0 radical (unpaired) electrons. The molecule has 0 aliphatic carbocycles. The van der Waals surface area contributed by atoms with E-state index in [1.165, 1.54) is 0 Å². The first-order valence-corrected chi connectivity index (χ1v) is 5.69. The lowest BCUT2D eigenvalue weighted by atomic mass is 10.0. The summed E-state index contributed by atoms with van der Waals surface area (Å²) in [6.07, 6.45) is 3.91. The molecule has 0 atom stereocenters. The molecule has 3 rings (SSSR count). The Morgan fingerprint density at radius 1 is 0.882 bits per heavy atom. The number of carbonyl (C=O) groups is 1. The lowest BCUT2D eigenvalue weighted by molar-refractivity contribution is -0.993. The van der Waals surface area contributed by atoms with Gasteiger partial charge in [0.2, 0.25) is 0 Å². The number of ketones is 1.